The fraction of sp³-hybridized carbons (Fsp3) is 0.375. The van der Waals surface area contributed by atoms with Crippen molar-refractivity contribution in [3.63, 3.8) is 0 Å². The van der Waals surface area contributed by atoms with Crippen molar-refractivity contribution in [2.45, 2.75) is 26.2 Å². The van der Waals surface area contributed by atoms with Gasteiger partial charge in [0.25, 0.3) is 5.56 Å². The third-order valence-electron chi connectivity index (χ3n) is 4.12. The second-order valence-corrected chi connectivity index (χ2v) is 5.66. The lowest BCUT2D eigenvalue weighted by Gasteiger charge is -2.30. The van der Waals surface area contributed by atoms with Crippen molar-refractivity contribution >= 4 is 17.2 Å². The minimum atomic E-state index is -1.29. The standard InChI is InChI=1S/C16H17FN2O3/c1-10-7-11(17)9-19-14(10)13(18-5-3-2-4-6-18)8-12(15(19)20)16(21)22/h7-9H,2-6H2,1H3,(H,21,22). The highest BCUT2D eigenvalue weighted by Gasteiger charge is 2.21. The average molecular weight is 304 g/mol. The van der Waals surface area contributed by atoms with E-state index in [1.807, 2.05) is 0 Å². The van der Waals surface area contributed by atoms with Gasteiger partial charge in [-0.15, -0.1) is 0 Å². The summed E-state index contributed by atoms with van der Waals surface area (Å²) >= 11 is 0. The smallest absolute Gasteiger partial charge is 0.341 e. The number of anilines is 1. The Bertz CT molecular complexity index is 807. The second-order valence-electron chi connectivity index (χ2n) is 5.66. The van der Waals surface area contributed by atoms with Crippen molar-refractivity contribution in [2.24, 2.45) is 0 Å². The van der Waals surface area contributed by atoms with E-state index in [0.717, 1.165) is 42.9 Å². The quantitative estimate of drug-likeness (QED) is 0.925. The lowest BCUT2D eigenvalue weighted by molar-refractivity contribution is 0.0695. The van der Waals surface area contributed by atoms with Crippen LogP contribution in [0.25, 0.3) is 5.52 Å². The molecule has 1 aliphatic rings. The highest BCUT2D eigenvalue weighted by Crippen LogP contribution is 2.27. The van der Waals surface area contributed by atoms with Crippen molar-refractivity contribution in [3.8, 4) is 0 Å². The molecule has 5 nitrogen and oxygen atoms in total. The minimum absolute atomic E-state index is 0.330. The number of fused-ring (bicyclic) bond motifs is 1. The molecule has 0 amide bonds. The fourth-order valence-electron chi connectivity index (χ4n) is 3.10. The van der Waals surface area contributed by atoms with Gasteiger partial charge in [-0.05, 0) is 43.9 Å². The van der Waals surface area contributed by atoms with Gasteiger partial charge < -0.3 is 10.0 Å². The Morgan fingerprint density at radius 3 is 2.55 bits per heavy atom. The first-order chi connectivity index (χ1) is 10.5. The zero-order valence-corrected chi connectivity index (χ0v) is 12.3. The summed E-state index contributed by atoms with van der Waals surface area (Å²) < 4.78 is 14.8. The van der Waals surface area contributed by atoms with Crippen LogP contribution in [0.3, 0.4) is 0 Å². The van der Waals surface area contributed by atoms with Gasteiger partial charge in [-0.25, -0.2) is 9.18 Å². The number of aromatic carboxylic acids is 1. The lowest BCUT2D eigenvalue weighted by Crippen LogP contribution is -2.32. The highest BCUT2D eigenvalue weighted by molar-refractivity contribution is 5.91. The molecule has 2 aromatic heterocycles. The van der Waals surface area contributed by atoms with E-state index >= 15 is 0 Å². The van der Waals surface area contributed by atoms with E-state index in [1.54, 1.807) is 6.92 Å². The predicted octanol–water partition coefficient (Wildman–Crippen LogP) is 2.44. The molecule has 0 aliphatic carbocycles. The number of pyridine rings is 2. The van der Waals surface area contributed by atoms with Gasteiger partial charge in [-0.2, -0.15) is 0 Å². The van der Waals surface area contributed by atoms with E-state index in [-0.39, 0.29) is 5.56 Å². The van der Waals surface area contributed by atoms with Crippen molar-refractivity contribution < 1.29 is 14.3 Å². The zero-order chi connectivity index (χ0) is 15.9. The number of hydrogen-bond acceptors (Lipinski definition) is 3. The van der Waals surface area contributed by atoms with Gasteiger partial charge >= 0.3 is 5.97 Å². The van der Waals surface area contributed by atoms with Gasteiger partial charge in [0.1, 0.15) is 11.4 Å². The SMILES string of the molecule is Cc1cc(F)cn2c(=O)c(C(=O)O)cc(N3CCCCC3)c12. The summed E-state index contributed by atoms with van der Waals surface area (Å²) in [7, 11) is 0. The predicted molar refractivity (Wildman–Crippen MR) is 81.4 cm³/mol. The number of hydrogen-bond donors (Lipinski definition) is 1. The molecule has 0 unspecified atom stereocenters. The number of carboxylic acids is 1. The number of aromatic nitrogens is 1. The first kappa shape index (κ1) is 14.6. The van der Waals surface area contributed by atoms with Crippen LogP contribution in [0.2, 0.25) is 0 Å². The molecule has 116 valence electrons. The van der Waals surface area contributed by atoms with E-state index in [1.165, 1.54) is 12.1 Å². The summed E-state index contributed by atoms with van der Waals surface area (Å²) in [5, 5.41) is 9.26. The average Bonchev–Trinajstić information content (AvgIpc) is 2.48. The van der Waals surface area contributed by atoms with Crippen LogP contribution < -0.4 is 10.5 Å². The molecule has 3 heterocycles. The molecule has 22 heavy (non-hydrogen) atoms. The molecular formula is C16H17FN2O3. The molecule has 1 N–H and O–H groups in total. The molecule has 6 heteroatoms. The Balaban J connectivity index is 2.36. The molecule has 0 saturated carbocycles. The molecule has 1 fully saturated rings. The molecule has 0 aromatic carbocycles. The largest absolute Gasteiger partial charge is 0.477 e. The molecule has 0 atom stereocenters. The summed E-state index contributed by atoms with van der Waals surface area (Å²) in [4.78, 5) is 25.7. The van der Waals surface area contributed by atoms with Crippen LogP contribution in [0.15, 0.2) is 23.1 Å². The Labute approximate surface area is 126 Å². The number of carboxylic acid groups (broad SMARTS) is 1. The van der Waals surface area contributed by atoms with E-state index < -0.39 is 17.3 Å². The molecule has 2 aromatic rings. The summed E-state index contributed by atoms with van der Waals surface area (Å²) in [5.41, 5.74) is 0.857. The number of carbonyl (C=O) groups is 1. The summed E-state index contributed by atoms with van der Waals surface area (Å²) in [6.45, 7) is 3.35. The maximum absolute atomic E-state index is 13.7. The van der Waals surface area contributed by atoms with Crippen molar-refractivity contribution in [2.75, 3.05) is 18.0 Å². The first-order valence-corrected chi connectivity index (χ1v) is 7.33. The monoisotopic (exact) mass is 304 g/mol. The minimum Gasteiger partial charge on any atom is -0.477 e. The first-order valence-electron chi connectivity index (χ1n) is 7.33. The Kier molecular flexibility index (Phi) is 3.60. The number of piperidine rings is 1. The van der Waals surface area contributed by atoms with Crippen LogP contribution in [0, 0.1) is 12.7 Å². The second kappa shape index (κ2) is 5.44. The van der Waals surface area contributed by atoms with Gasteiger partial charge in [0, 0.05) is 19.3 Å². The maximum Gasteiger partial charge on any atom is 0.341 e. The molecule has 0 radical (unpaired) electrons. The van der Waals surface area contributed by atoms with Crippen LogP contribution >= 0.6 is 0 Å². The third kappa shape index (κ3) is 2.34. The highest BCUT2D eigenvalue weighted by atomic mass is 19.1. The van der Waals surface area contributed by atoms with Crippen LogP contribution in [-0.4, -0.2) is 28.6 Å². The Morgan fingerprint density at radius 1 is 1.23 bits per heavy atom. The maximum atomic E-state index is 13.7. The summed E-state index contributed by atoms with van der Waals surface area (Å²) in [6.07, 6.45) is 4.24. The zero-order valence-electron chi connectivity index (χ0n) is 12.3. The number of nitrogens with zero attached hydrogens (tertiary/aromatic N) is 2. The van der Waals surface area contributed by atoms with Crippen LogP contribution in [0.5, 0.6) is 0 Å². The van der Waals surface area contributed by atoms with Gasteiger partial charge in [0.15, 0.2) is 0 Å². The lowest BCUT2D eigenvalue weighted by atomic mass is 10.1. The van der Waals surface area contributed by atoms with E-state index in [9.17, 15) is 19.1 Å². The van der Waals surface area contributed by atoms with Gasteiger partial charge in [0.2, 0.25) is 0 Å². The Morgan fingerprint density at radius 2 is 1.91 bits per heavy atom. The molecular weight excluding hydrogens is 287 g/mol. The van der Waals surface area contributed by atoms with E-state index in [4.69, 9.17) is 0 Å². The molecule has 0 spiro atoms. The molecule has 3 rings (SSSR count). The van der Waals surface area contributed by atoms with Crippen LogP contribution in [0.4, 0.5) is 10.1 Å². The summed E-state index contributed by atoms with van der Waals surface area (Å²) in [5.74, 6) is -1.85. The van der Waals surface area contributed by atoms with Crippen LogP contribution in [-0.2, 0) is 0 Å². The molecule has 0 bridgehead atoms. The van der Waals surface area contributed by atoms with Crippen molar-refractivity contribution in [1.29, 1.82) is 0 Å². The Hall–Kier alpha value is -2.37. The van der Waals surface area contributed by atoms with E-state index in [2.05, 4.69) is 4.90 Å². The number of aryl methyl sites for hydroxylation is 1. The van der Waals surface area contributed by atoms with Crippen molar-refractivity contribution in [1.82, 2.24) is 4.40 Å². The third-order valence-corrected chi connectivity index (χ3v) is 4.12. The number of rotatable bonds is 2. The molecule has 1 saturated heterocycles. The van der Waals surface area contributed by atoms with Crippen LogP contribution in [0.1, 0.15) is 35.2 Å². The number of halogens is 1. The van der Waals surface area contributed by atoms with Crippen molar-refractivity contribution in [3.05, 3.63) is 45.6 Å². The summed E-state index contributed by atoms with van der Waals surface area (Å²) in [6, 6.07) is 2.79. The van der Waals surface area contributed by atoms with Gasteiger partial charge in [-0.1, -0.05) is 0 Å². The fourth-order valence-corrected chi connectivity index (χ4v) is 3.10. The van der Waals surface area contributed by atoms with Gasteiger partial charge in [-0.3, -0.25) is 9.20 Å². The molecule has 1 aliphatic heterocycles. The van der Waals surface area contributed by atoms with E-state index in [0.29, 0.717) is 16.8 Å². The topological polar surface area (TPSA) is 62.0 Å². The normalized spacial score (nSPS) is 15.3. The van der Waals surface area contributed by atoms with Gasteiger partial charge in [0.05, 0.1) is 11.2 Å².